The van der Waals surface area contributed by atoms with Crippen molar-refractivity contribution in [2.75, 3.05) is 71.4 Å². The quantitative estimate of drug-likeness (QED) is 0.824. The fraction of sp³-hybridized carbons (Fsp3) is 0.556. The summed E-state index contributed by atoms with van der Waals surface area (Å²) in [5, 5.41) is 2.87. The van der Waals surface area contributed by atoms with Gasteiger partial charge in [-0.25, -0.2) is 4.79 Å². The molecule has 3 rings (SSSR count). The summed E-state index contributed by atoms with van der Waals surface area (Å²) in [6, 6.07) is 7.02. The Morgan fingerprint density at radius 1 is 1.00 bits per heavy atom. The predicted octanol–water partition coefficient (Wildman–Crippen LogP) is 0.981. The molecule has 25 heavy (non-hydrogen) atoms. The number of benzene rings is 1. The second-order valence-corrected chi connectivity index (χ2v) is 6.61. The van der Waals surface area contributed by atoms with Crippen molar-refractivity contribution in [3.05, 3.63) is 29.8 Å². The zero-order valence-electron chi connectivity index (χ0n) is 14.7. The monoisotopic (exact) mass is 346 g/mol. The molecular weight excluding hydrogens is 320 g/mol. The van der Waals surface area contributed by atoms with Gasteiger partial charge in [0.05, 0.1) is 19.8 Å². The standard InChI is InChI=1S/C18H26N4O3/c1-20-6-8-21(9-7-20)14-17(23)15-2-4-16(5-3-15)19-18(24)22-10-12-25-13-11-22/h2-5H,6-14H2,1H3,(H,19,24). The molecule has 0 aromatic heterocycles. The van der Waals surface area contributed by atoms with E-state index in [0.29, 0.717) is 44.1 Å². The fourth-order valence-corrected chi connectivity index (χ4v) is 3.01. The molecule has 0 saturated carbocycles. The number of piperazine rings is 1. The maximum absolute atomic E-state index is 12.4. The first-order chi connectivity index (χ1) is 12.1. The number of urea groups is 1. The molecule has 2 aliphatic heterocycles. The molecular formula is C18H26N4O3. The third kappa shape index (κ3) is 5.01. The number of carbonyl (C=O) groups is 2. The van der Waals surface area contributed by atoms with Crippen LogP contribution >= 0.6 is 0 Å². The number of morpholine rings is 1. The molecule has 0 unspecified atom stereocenters. The largest absolute Gasteiger partial charge is 0.378 e. The minimum atomic E-state index is -0.125. The maximum Gasteiger partial charge on any atom is 0.321 e. The molecule has 0 bridgehead atoms. The molecule has 2 amide bonds. The molecule has 7 nitrogen and oxygen atoms in total. The minimum absolute atomic E-state index is 0.121. The van der Waals surface area contributed by atoms with E-state index in [1.165, 1.54) is 0 Å². The van der Waals surface area contributed by atoms with Gasteiger partial charge in [-0.05, 0) is 31.3 Å². The van der Waals surface area contributed by atoms with Crippen molar-refractivity contribution in [1.82, 2.24) is 14.7 Å². The lowest BCUT2D eigenvalue weighted by Gasteiger charge is -2.31. The number of nitrogens with zero attached hydrogens (tertiary/aromatic N) is 3. The van der Waals surface area contributed by atoms with Crippen molar-refractivity contribution in [3.8, 4) is 0 Å². The van der Waals surface area contributed by atoms with Crippen molar-refractivity contribution in [1.29, 1.82) is 0 Å². The van der Waals surface area contributed by atoms with E-state index in [-0.39, 0.29) is 11.8 Å². The number of ether oxygens (including phenoxy) is 1. The van der Waals surface area contributed by atoms with Gasteiger partial charge in [-0.1, -0.05) is 0 Å². The SMILES string of the molecule is CN1CCN(CC(=O)c2ccc(NC(=O)N3CCOCC3)cc2)CC1. The van der Waals surface area contributed by atoms with Crippen molar-refractivity contribution in [3.63, 3.8) is 0 Å². The van der Waals surface area contributed by atoms with E-state index in [1.807, 2.05) is 0 Å². The lowest BCUT2D eigenvalue weighted by atomic mass is 10.1. The molecule has 1 aromatic carbocycles. The lowest BCUT2D eigenvalue weighted by Crippen LogP contribution is -2.46. The van der Waals surface area contributed by atoms with Gasteiger partial charge >= 0.3 is 6.03 Å². The van der Waals surface area contributed by atoms with Crippen LogP contribution in [0.4, 0.5) is 10.5 Å². The zero-order chi connectivity index (χ0) is 17.6. The van der Waals surface area contributed by atoms with Gasteiger partial charge in [-0.2, -0.15) is 0 Å². The summed E-state index contributed by atoms with van der Waals surface area (Å²) in [6.45, 7) is 6.67. The van der Waals surface area contributed by atoms with Crippen LogP contribution in [0.3, 0.4) is 0 Å². The predicted molar refractivity (Wildman–Crippen MR) is 96.1 cm³/mol. The van der Waals surface area contributed by atoms with Gasteiger partial charge < -0.3 is 19.9 Å². The van der Waals surface area contributed by atoms with Gasteiger partial charge in [0.15, 0.2) is 5.78 Å². The highest BCUT2D eigenvalue weighted by molar-refractivity contribution is 5.98. The summed E-state index contributed by atoms with van der Waals surface area (Å²) in [4.78, 5) is 30.8. The Labute approximate surface area is 148 Å². The van der Waals surface area contributed by atoms with Crippen LogP contribution in [0.1, 0.15) is 10.4 Å². The lowest BCUT2D eigenvalue weighted by molar-refractivity contribution is 0.0564. The van der Waals surface area contributed by atoms with E-state index < -0.39 is 0 Å². The Hall–Kier alpha value is -1.96. The number of nitrogens with one attached hydrogen (secondary N) is 1. The summed E-state index contributed by atoms with van der Waals surface area (Å²) in [6.07, 6.45) is 0. The number of Topliss-reactive ketones (excluding diaryl/α,β-unsaturated/α-hetero) is 1. The van der Waals surface area contributed by atoms with Crippen LogP contribution in [0.2, 0.25) is 0 Å². The first-order valence-corrected chi connectivity index (χ1v) is 8.79. The number of rotatable bonds is 4. The Kier molecular flexibility index (Phi) is 6.01. The van der Waals surface area contributed by atoms with Gasteiger partial charge in [0.25, 0.3) is 0 Å². The zero-order valence-corrected chi connectivity index (χ0v) is 14.7. The normalized spacial score (nSPS) is 19.6. The van der Waals surface area contributed by atoms with Crippen LogP contribution in [-0.4, -0.2) is 92.6 Å². The van der Waals surface area contributed by atoms with E-state index in [0.717, 1.165) is 26.2 Å². The molecule has 2 heterocycles. The van der Waals surface area contributed by atoms with Gasteiger partial charge in [0, 0.05) is 50.5 Å². The molecule has 0 spiro atoms. The number of anilines is 1. The highest BCUT2D eigenvalue weighted by atomic mass is 16.5. The van der Waals surface area contributed by atoms with Crippen LogP contribution in [0.15, 0.2) is 24.3 Å². The summed E-state index contributed by atoms with van der Waals surface area (Å²) in [5.41, 5.74) is 1.39. The average molecular weight is 346 g/mol. The van der Waals surface area contributed by atoms with Crippen molar-refractivity contribution >= 4 is 17.5 Å². The summed E-state index contributed by atoms with van der Waals surface area (Å²) in [5.74, 6) is 0.121. The maximum atomic E-state index is 12.4. The van der Waals surface area contributed by atoms with Gasteiger partial charge in [-0.3, -0.25) is 9.69 Å². The van der Waals surface area contributed by atoms with Crippen LogP contribution in [0.25, 0.3) is 0 Å². The summed E-state index contributed by atoms with van der Waals surface area (Å²) < 4.78 is 5.24. The van der Waals surface area contributed by atoms with Crippen molar-refractivity contribution in [2.45, 2.75) is 0 Å². The minimum Gasteiger partial charge on any atom is -0.378 e. The molecule has 2 fully saturated rings. The molecule has 2 aliphatic rings. The number of amides is 2. The number of hydrogen-bond acceptors (Lipinski definition) is 5. The van der Waals surface area contributed by atoms with E-state index in [2.05, 4.69) is 22.2 Å². The third-order valence-corrected chi connectivity index (χ3v) is 4.72. The topological polar surface area (TPSA) is 65.1 Å². The highest BCUT2D eigenvalue weighted by Crippen LogP contribution is 2.12. The molecule has 2 saturated heterocycles. The summed E-state index contributed by atoms with van der Waals surface area (Å²) >= 11 is 0. The Bertz CT molecular complexity index is 591. The number of ketones is 1. The van der Waals surface area contributed by atoms with Gasteiger partial charge in [0.1, 0.15) is 0 Å². The molecule has 1 N–H and O–H groups in total. The molecule has 1 aromatic rings. The summed E-state index contributed by atoms with van der Waals surface area (Å²) in [7, 11) is 2.10. The number of likely N-dealkylation sites (N-methyl/N-ethyl adjacent to an activating group) is 1. The first kappa shape index (κ1) is 17.8. The molecule has 0 atom stereocenters. The first-order valence-electron chi connectivity index (χ1n) is 8.79. The van der Waals surface area contributed by atoms with E-state index >= 15 is 0 Å². The Morgan fingerprint density at radius 2 is 1.64 bits per heavy atom. The van der Waals surface area contributed by atoms with Crippen molar-refractivity contribution < 1.29 is 14.3 Å². The molecule has 0 aliphatic carbocycles. The van der Waals surface area contributed by atoms with Crippen LogP contribution in [0.5, 0.6) is 0 Å². The molecule has 0 radical (unpaired) electrons. The van der Waals surface area contributed by atoms with E-state index in [1.54, 1.807) is 29.2 Å². The second kappa shape index (κ2) is 8.42. The Morgan fingerprint density at radius 3 is 2.28 bits per heavy atom. The fourth-order valence-electron chi connectivity index (χ4n) is 3.01. The van der Waals surface area contributed by atoms with Gasteiger partial charge in [-0.15, -0.1) is 0 Å². The van der Waals surface area contributed by atoms with E-state index in [4.69, 9.17) is 4.74 Å². The average Bonchev–Trinajstić information content (AvgIpc) is 2.65. The second-order valence-electron chi connectivity index (χ2n) is 6.61. The van der Waals surface area contributed by atoms with Crippen LogP contribution < -0.4 is 5.32 Å². The highest BCUT2D eigenvalue weighted by Gasteiger charge is 2.18. The number of hydrogen-bond donors (Lipinski definition) is 1. The Balaban J connectivity index is 1.51. The smallest absolute Gasteiger partial charge is 0.321 e. The number of carbonyl (C=O) groups excluding carboxylic acids is 2. The van der Waals surface area contributed by atoms with Crippen LogP contribution in [0, 0.1) is 0 Å². The van der Waals surface area contributed by atoms with Crippen molar-refractivity contribution in [2.24, 2.45) is 0 Å². The van der Waals surface area contributed by atoms with Crippen LogP contribution in [-0.2, 0) is 4.74 Å². The molecule has 7 heteroatoms. The molecule has 136 valence electrons. The van der Waals surface area contributed by atoms with Gasteiger partial charge in [0.2, 0.25) is 0 Å². The van der Waals surface area contributed by atoms with E-state index in [9.17, 15) is 9.59 Å². The third-order valence-electron chi connectivity index (χ3n) is 4.72.